The number of benzene rings is 1. The lowest BCUT2D eigenvalue weighted by molar-refractivity contribution is 0.378. The zero-order chi connectivity index (χ0) is 19.9. The SMILES string of the molecule is CN=C(NCCc1nc(-c2ccc(Cl)cc2)no1)NCCc1nc(C)c(C)s1. The lowest BCUT2D eigenvalue weighted by atomic mass is 10.2. The van der Waals surface area contributed by atoms with Crippen molar-refractivity contribution in [1.29, 1.82) is 0 Å². The molecule has 7 nitrogen and oxygen atoms in total. The molecule has 0 spiro atoms. The molecule has 0 fully saturated rings. The maximum Gasteiger partial charge on any atom is 0.228 e. The van der Waals surface area contributed by atoms with Crippen LogP contribution in [0.15, 0.2) is 33.8 Å². The summed E-state index contributed by atoms with van der Waals surface area (Å²) < 4.78 is 5.32. The highest BCUT2D eigenvalue weighted by molar-refractivity contribution is 7.11. The number of aromatic nitrogens is 3. The van der Waals surface area contributed by atoms with Crippen LogP contribution < -0.4 is 10.6 Å². The highest BCUT2D eigenvalue weighted by Gasteiger charge is 2.09. The number of aliphatic imine (C=N–C) groups is 1. The van der Waals surface area contributed by atoms with Crippen molar-refractivity contribution in [2.45, 2.75) is 26.7 Å². The molecule has 148 valence electrons. The molecule has 0 radical (unpaired) electrons. The molecule has 2 aromatic heterocycles. The fraction of sp³-hybridized carbons (Fsp3) is 0.368. The summed E-state index contributed by atoms with van der Waals surface area (Å²) in [5.41, 5.74) is 1.98. The van der Waals surface area contributed by atoms with E-state index in [0.29, 0.717) is 29.7 Å². The first-order valence-corrected chi connectivity index (χ1v) is 10.2. The minimum absolute atomic E-state index is 0.559. The van der Waals surface area contributed by atoms with Gasteiger partial charge in [-0.1, -0.05) is 16.8 Å². The van der Waals surface area contributed by atoms with E-state index in [4.69, 9.17) is 16.1 Å². The van der Waals surface area contributed by atoms with E-state index in [1.165, 1.54) is 4.88 Å². The highest BCUT2D eigenvalue weighted by atomic mass is 35.5. The van der Waals surface area contributed by atoms with Crippen LogP contribution in [0.1, 0.15) is 21.5 Å². The molecule has 3 rings (SSSR count). The van der Waals surface area contributed by atoms with Crippen molar-refractivity contribution < 1.29 is 4.52 Å². The average Bonchev–Trinajstić information content (AvgIpc) is 3.28. The van der Waals surface area contributed by atoms with Crippen LogP contribution in [0.4, 0.5) is 0 Å². The van der Waals surface area contributed by atoms with Crippen molar-refractivity contribution in [2.24, 2.45) is 4.99 Å². The van der Waals surface area contributed by atoms with Gasteiger partial charge >= 0.3 is 0 Å². The van der Waals surface area contributed by atoms with Gasteiger partial charge < -0.3 is 15.2 Å². The first-order valence-electron chi connectivity index (χ1n) is 9.01. The normalized spacial score (nSPS) is 11.6. The molecule has 1 aromatic carbocycles. The number of halogens is 1. The number of thiazole rings is 1. The van der Waals surface area contributed by atoms with Gasteiger partial charge in [0, 0.05) is 48.4 Å². The molecule has 0 unspecified atom stereocenters. The van der Waals surface area contributed by atoms with E-state index in [1.54, 1.807) is 30.5 Å². The molecule has 3 aromatic rings. The van der Waals surface area contributed by atoms with E-state index >= 15 is 0 Å². The van der Waals surface area contributed by atoms with Gasteiger partial charge in [0.05, 0.1) is 10.7 Å². The van der Waals surface area contributed by atoms with Crippen molar-refractivity contribution in [1.82, 2.24) is 25.8 Å². The molecule has 2 N–H and O–H groups in total. The third-order valence-electron chi connectivity index (χ3n) is 4.13. The van der Waals surface area contributed by atoms with Gasteiger partial charge in [0.25, 0.3) is 0 Å². The standard InChI is InChI=1S/C19H23ClN6OS/c1-12-13(2)28-17(24-12)9-11-23-19(21-3)22-10-8-16-25-18(26-27-16)14-4-6-15(20)7-5-14/h4-7H,8-11H2,1-3H3,(H2,21,22,23). The largest absolute Gasteiger partial charge is 0.356 e. The van der Waals surface area contributed by atoms with Crippen molar-refractivity contribution in [2.75, 3.05) is 20.1 Å². The second-order valence-corrected chi connectivity index (χ2v) is 7.92. The Morgan fingerprint density at radius 2 is 1.82 bits per heavy atom. The fourth-order valence-electron chi connectivity index (χ4n) is 2.52. The van der Waals surface area contributed by atoms with Crippen molar-refractivity contribution >= 4 is 28.9 Å². The molecule has 0 aliphatic rings. The molecule has 0 bridgehead atoms. The Hall–Kier alpha value is -2.45. The van der Waals surface area contributed by atoms with E-state index < -0.39 is 0 Å². The van der Waals surface area contributed by atoms with E-state index in [0.717, 1.165) is 35.2 Å². The van der Waals surface area contributed by atoms with Crippen LogP contribution in [-0.2, 0) is 12.8 Å². The zero-order valence-electron chi connectivity index (χ0n) is 16.1. The molecular formula is C19H23ClN6OS. The van der Waals surface area contributed by atoms with E-state index in [-0.39, 0.29) is 0 Å². The lowest BCUT2D eigenvalue weighted by Crippen LogP contribution is -2.39. The van der Waals surface area contributed by atoms with Crippen molar-refractivity contribution in [3.63, 3.8) is 0 Å². The summed E-state index contributed by atoms with van der Waals surface area (Å²) in [5, 5.41) is 12.4. The summed E-state index contributed by atoms with van der Waals surface area (Å²) in [5.74, 6) is 1.87. The van der Waals surface area contributed by atoms with Gasteiger partial charge in [-0.2, -0.15) is 4.98 Å². The van der Waals surface area contributed by atoms with E-state index in [9.17, 15) is 0 Å². The molecule has 9 heteroatoms. The molecule has 2 heterocycles. The quantitative estimate of drug-likeness (QED) is 0.451. The van der Waals surface area contributed by atoms with Crippen LogP contribution in [0, 0.1) is 13.8 Å². The number of guanidine groups is 1. The predicted molar refractivity (Wildman–Crippen MR) is 113 cm³/mol. The van der Waals surface area contributed by atoms with Gasteiger partial charge in [-0.15, -0.1) is 11.3 Å². The second-order valence-electron chi connectivity index (χ2n) is 6.19. The van der Waals surface area contributed by atoms with Gasteiger partial charge in [0.1, 0.15) is 0 Å². The lowest BCUT2D eigenvalue weighted by Gasteiger charge is -2.10. The van der Waals surface area contributed by atoms with Crippen LogP contribution >= 0.6 is 22.9 Å². The zero-order valence-corrected chi connectivity index (χ0v) is 17.7. The molecule has 0 amide bonds. The Morgan fingerprint density at radius 1 is 1.11 bits per heavy atom. The van der Waals surface area contributed by atoms with Gasteiger partial charge in [-0.05, 0) is 38.1 Å². The van der Waals surface area contributed by atoms with Crippen molar-refractivity contribution in [3.05, 3.63) is 50.8 Å². The highest BCUT2D eigenvalue weighted by Crippen LogP contribution is 2.18. The molecule has 0 aliphatic carbocycles. The number of aryl methyl sites for hydroxylation is 2. The third-order valence-corrected chi connectivity index (χ3v) is 5.51. The van der Waals surface area contributed by atoms with Crippen LogP contribution in [0.2, 0.25) is 5.02 Å². The summed E-state index contributed by atoms with van der Waals surface area (Å²) in [6, 6.07) is 7.34. The molecule has 0 saturated heterocycles. The Kier molecular flexibility index (Phi) is 7.00. The summed E-state index contributed by atoms with van der Waals surface area (Å²) >= 11 is 7.65. The average molecular weight is 419 g/mol. The Labute approximate surface area is 173 Å². The number of hydrogen-bond donors (Lipinski definition) is 2. The predicted octanol–water partition coefficient (Wildman–Crippen LogP) is 3.41. The topological polar surface area (TPSA) is 88.2 Å². The van der Waals surface area contributed by atoms with Crippen molar-refractivity contribution in [3.8, 4) is 11.4 Å². The maximum atomic E-state index is 5.90. The summed E-state index contributed by atoms with van der Waals surface area (Å²) in [6.07, 6.45) is 1.47. The Bertz CT molecular complexity index is 915. The third kappa shape index (κ3) is 5.53. The summed E-state index contributed by atoms with van der Waals surface area (Å²) in [4.78, 5) is 14.5. The van der Waals surface area contributed by atoms with Gasteiger partial charge in [0.2, 0.25) is 11.7 Å². The van der Waals surface area contributed by atoms with E-state index in [1.807, 2.05) is 19.1 Å². The van der Waals surface area contributed by atoms with Gasteiger partial charge in [-0.25, -0.2) is 4.98 Å². The van der Waals surface area contributed by atoms with Gasteiger partial charge in [-0.3, -0.25) is 4.99 Å². The number of rotatable bonds is 7. The first kappa shape index (κ1) is 20.3. The molecule has 28 heavy (non-hydrogen) atoms. The second kappa shape index (κ2) is 9.66. The maximum absolute atomic E-state index is 5.90. The Morgan fingerprint density at radius 3 is 2.46 bits per heavy atom. The first-order chi connectivity index (χ1) is 13.5. The van der Waals surface area contributed by atoms with Crippen LogP contribution in [0.3, 0.4) is 0 Å². The van der Waals surface area contributed by atoms with Gasteiger partial charge in [0.15, 0.2) is 5.96 Å². The summed E-state index contributed by atoms with van der Waals surface area (Å²) in [7, 11) is 1.75. The molecule has 0 atom stereocenters. The minimum Gasteiger partial charge on any atom is -0.356 e. The monoisotopic (exact) mass is 418 g/mol. The molecule has 0 aliphatic heterocycles. The fourth-order valence-corrected chi connectivity index (χ4v) is 3.57. The number of hydrogen-bond acceptors (Lipinski definition) is 6. The Balaban J connectivity index is 1.42. The van der Waals surface area contributed by atoms with E-state index in [2.05, 4.69) is 37.7 Å². The van der Waals surface area contributed by atoms with Crippen LogP contribution in [-0.4, -0.2) is 41.2 Å². The number of nitrogens with zero attached hydrogens (tertiary/aromatic N) is 4. The number of nitrogens with one attached hydrogen (secondary N) is 2. The van der Waals surface area contributed by atoms with Crippen LogP contribution in [0.5, 0.6) is 0 Å². The molecular weight excluding hydrogens is 396 g/mol. The molecule has 0 saturated carbocycles. The smallest absolute Gasteiger partial charge is 0.228 e. The minimum atomic E-state index is 0.559. The summed E-state index contributed by atoms with van der Waals surface area (Å²) in [6.45, 7) is 5.55. The van der Waals surface area contributed by atoms with Crippen LogP contribution in [0.25, 0.3) is 11.4 Å².